The van der Waals surface area contributed by atoms with Crippen LogP contribution in [0.15, 0.2) is 22.9 Å². The molecule has 0 amide bonds. The molecular formula is C12H16N4O. The second-order valence-electron chi connectivity index (χ2n) is 4.28. The fourth-order valence-electron chi connectivity index (χ4n) is 2.27. The molecule has 0 saturated carbocycles. The SMILES string of the molecule is CCn1cccc1-c1noc(C2CCCN2)n1. The normalized spacial score (nSPS) is 19.9. The van der Waals surface area contributed by atoms with Crippen molar-refractivity contribution in [3.63, 3.8) is 0 Å². The number of aromatic nitrogens is 3. The van der Waals surface area contributed by atoms with Crippen LogP contribution in [0, 0.1) is 0 Å². The van der Waals surface area contributed by atoms with Crippen LogP contribution in [0.4, 0.5) is 0 Å². The average molecular weight is 232 g/mol. The molecule has 2 aromatic heterocycles. The minimum Gasteiger partial charge on any atom is -0.345 e. The lowest BCUT2D eigenvalue weighted by molar-refractivity contribution is 0.344. The summed E-state index contributed by atoms with van der Waals surface area (Å²) in [5.41, 5.74) is 1.01. The summed E-state index contributed by atoms with van der Waals surface area (Å²) in [7, 11) is 0. The topological polar surface area (TPSA) is 55.9 Å². The van der Waals surface area contributed by atoms with Crippen molar-refractivity contribution >= 4 is 0 Å². The van der Waals surface area contributed by atoms with Gasteiger partial charge in [0.15, 0.2) is 0 Å². The second-order valence-corrected chi connectivity index (χ2v) is 4.28. The van der Waals surface area contributed by atoms with E-state index >= 15 is 0 Å². The molecule has 17 heavy (non-hydrogen) atoms. The molecule has 90 valence electrons. The highest BCUT2D eigenvalue weighted by atomic mass is 16.5. The zero-order valence-electron chi connectivity index (χ0n) is 9.89. The third kappa shape index (κ3) is 1.86. The molecule has 0 spiro atoms. The fourth-order valence-corrected chi connectivity index (χ4v) is 2.27. The lowest BCUT2D eigenvalue weighted by Gasteiger charge is -2.02. The predicted octanol–water partition coefficient (Wildman–Crippen LogP) is 1.98. The van der Waals surface area contributed by atoms with Crippen LogP contribution in [0.1, 0.15) is 31.7 Å². The second kappa shape index (κ2) is 4.33. The summed E-state index contributed by atoms with van der Waals surface area (Å²) in [5.74, 6) is 1.39. The molecular weight excluding hydrogens is 216 g/mol. The number of aryl methyl sites for hydroxylation is 1. The van der Waals surface area contributed by atoms with Gasteiger partial charge in [-0.15, -0.1) is 0 Å². The summed E-state index contributed by atoms with van der Waals surface area (Å²) in [6, 6.07) is 4.25. The van der Waals surface area contributed by atoms with Crippen molar-refractivity contribution in [2.45, 2.75) is 32.4 Å². The molecule has 1 saturated heterocycles. The van der Waals surface area contributed by atoms with E-state index in [2.05, 4.69) is 26.9 Å². The molecule has 1 unspecified atom stereocenters. The first-order valence-corrected chi connectivity index (χ1v) is 6.11. The molecule has 0 radical (unpaired) electrons. The zero-order valence-corrected chi connectivity index (χ0v) is 9.89. The van der Waals surface area contributed by atoms with Crippen LogP contribution in [-0.2, 0) is 6.54 Å². The molecule has 1 fully saturated rings. The monoisotopic (exact) mass is 232 g/mol. The number of hydrogen-bond donors (Lipinski definition) is 1. The number of rotatable bonds is 3. The van der Waals surface area contributed by atoms with Crippen molar-refractivity contribution in [1.82, 2.24) is 20.0 Å². The van der Waals surface area contributed by atoms with Gasteiger partial charge in [0.1, 0.15) is 0 Å². The summed E-state index contributed by atoms with van der Waals surface area (Å²) >= 11 is 0. The minimum absolute atomic E-state index is 0.237. The van der Waals surface area contributed by atoms with Gasteiger partial charge in [-0.25, -0.2) is 0 Å². The molecule has 1 atom stereocenters. The molecule has 2 aromatic rings. The average Bonchev–Trinajstić information content (AvgIpc) is 3.09. The Morgan fingerprint density at radius 3 is 3.29 bits per heavy atom. The van der Waals surface area contributed by atoms with Crippen LogP contribution in [-0.4, -0.2) is 21.3 Å². The quantitative estimate of drug-likeness (QED) is 0.879. The van der Waals surface area contributed by atoms with E-state index in [1.165, 1.54) is 6.42 Å². The van der Waals surface area contributed by atoms with E-state index in [9.17, 15) is 0 Å². The van der Waals surface area contributed by atoms with E-state index in [1.54, 1.807) is 0 Å². The van der Waals surface area contributed by atoms with E-state index in [1.807, 2.05) is 18.3 Å². The van der Waals surface area contributed by atoms with E-state index in [0.29, 0.717) is 11.7 Å². The van der Waals surface area contributed by atoms with Crippen LogP contribution in [0.5, 0.6) is 0 Å². The van der Waals surface area contributed by atoms with Gasteiger partial charge in [-0.05, 0) is 38.4 Å². The molecule has 0 bridgehead atoms. The first-order valence-electron chi connectivity index (χ1n) is 6.11. The third-order valence-corrected chi connectivity index (χ3v) is 3.20. The Kier molecular flexibility index (Phi) is 2.68. The first kappa shape index (κ1) is 10.5. The molecule has 3 rings (SSSR count). The van der Waals surface area contributed by atoms with Gasteiger partial charge in [0.2, 0.25) is 11.7 Å². The summed E-state index contributed by atoms with van der Waals surface area (Å²) < 4.78 is 7.44. The number of nitrogens with zero attached hydrogens (tertiary/aromatic N) is 3. The predicted molar refractivity (Wildman–Crippen MR) is 63.4 cm³/mol. The van der Waals surface area contributed by atoms with Crippen molar-refractivity contribution in [3.05, 3.63) is 24.2 Å². The maximum atomic E-state index is 5.33. The van der Waals surface area contributed by atoms with Crippen molar-refractivity contribution in [2.24, 2.45) is 0 Å². The van der Waals surface area contributed by atoms with E-state index in [4.69, 9.17) is 4.52 Å². The van der Waals surface area contributed by atoms with Gasteiger partial charge in [-0.1, -0.05) is 5.16 Å². The molecule has 3 heterocycles. The van der Waals surface area contributed by atoms with Gasteiger partial charge in [0, 0.05) is 12.7 Å². The van der Waals surface area contributed by atoms with Gasteiger partial charge in [0.25, 0.3) is 0 Å². The zero-order chi connectivity index (χ0) is 11.7. The molecule has 0 aliphatic carbocycles. The Morgan fingerprint density at radius 1 is 1.59 bits per heavy atom. The van der Waals surface area contributed by atoms with Gasteiger partial charge in [0.05, 0.1) is 11.7 Å². The Balaban J connectivity index is 1.89. The van der Waals surface area contributed by atoms with Crippen LogP contribution in [0.2, 0.25) is 0 Å². The van der Waals surface area contributed by atoms with Crippen molar-refractivity contribution in [1.29, 1.82) is 0 Å². The van der Waals surface area contributed by atoms with Crippen LogP contribution in [0.25, 0.3) is 11.5 Å². The molecule has 1 N–H and O–H groups in total. The molecule has 0 aromatic carbocycles. The van der Waals surface area contributed by atoms with E-state index in [0.717, 1.165) is 25.2 Å². The summed E-state index contributed by atoms with van der Waals surface area (Å²) in [6.45, 7) is 4.05. The summed E-state index contributed by atoms with van der Waals surface area (Å²) in [4.78, 5) is 4.48. The Morgan fingerprint density at radius 2 is 2.53 bits per heavy atom. The van der Waals surface area contributed by atoms with Gasteiger partial charge >= 0.3 is 0 Å². The van der Waals surface area contributed by atoms with Gasteiger partial charge in [-0.3, -0.25) is 0 Å². The number of hydrogen-bond acceptors (Lipinski definition) is 4. The maximum absolute atomic E-state index is 5.33. The lowest BCUT2D eigenvalue weighted by atomic mass is 10.2. The van der Waals surface area contributed by atoms with E-state index < -0.39 is 0 Å². The van der Waals surface area contributed by atoms with Crippen LogP contribution >= 0.6 is 0 Å². The highest BCUT2D eigenvalue weighted by Crippen LogP contribution is 2.24. The molecule has 5 heteroatoms. The van der Waals surface area contributed by atoms with Gasteiger partial charge < -0.3 is 14.4 Å². The maximum Gasteiger partial charge on any atom is 0.244 e. The molecule has 1 aliphatic heterocycles. The molecule has 1 aliphatic rings. The smallest absolute Gasteiger partial charge is 0.244 e. The minimum atomic E-state index is 0.237. The van der Waals surface area contributed by atoms with Crippen molar-refractivity contribution in [2.75, 3.05) is 6.54 Å². The highest BCUT2D eigenvalue weighted by Gasteiger charge is 2.23. The largest absolute Gasteiger partial charge is 0.345 e. The Hall–Kier alpha value is -1.62. The van der Waals surface area contributed by atoms with Crippen LogP contribution < -0.4 is 5.32 Å². The highest BCUT2D eigenvalue weighted by molar-refractivity contribution is 5.49. The summed E-state index contributed by atoms with van der Waals surface area (Å²) in [6.07, 6.45) is 4.28. The lowest BCUT2D eigenvalue weighted by Crippen LogP contribution is -2.13. The van der Waals surface area contributed by atoms with Crippen LogP contribution in [0.3, 0.4) is 0 Å². The van der Waals surface area contributed by atoms with E-state index in [-0.39, 0.29) is 6.04 Å². The first-order chi connectivity index (χ1) is 8.38. The number of nitrogens with one attached hydrogen (secondary N) is 1. The van der Waals surface area contributed by atoms with Crippen molar-refractivity contribution < 1.29 is 4.52 Å². The third-order valence-electron chi connectivity index (χ3n) is 3.20. The van der Waals surface area contributed by atoms with Gasteiger partial charge in [-0.2, -0.15) is 4.98 Å². The Bertz CT molecular complexity index is 496. The Labute approximate surface area is 99.8 Å². The summed E-state index contributed by atoms with van der Waals surface area (Å²) in [5, 5.41) is 7.42. The van der Waals surface area contributed by atoms with Crippen molar-refractivity contribution in [3.8, 4) is 11.5 Å². The molecule has 5 nitrogen and oxygen atoms in total. The standard InChI is InChI=1S/C12H16N4O/c1-2-16-8-4-6-10(16)11-14-12(17-15-11)9-5-3-7-13-9/h4,6,8-9,13H,2-3,5,7H2,1H3. The fraction of sp³-hybridized carbons (Fsp3) is 0.500.